The second kappa shape index (κ2) is 7.06. The van der Waals surface area contributed by atoms with Crippen molar-refractivity contribution in [1.82, 2.24) is 0 Å². The van der Waals surface area contributed by atoms with Crippen molar-refractivity contribution in [1.29, 1.82) is 0 Å². The molecule has 0 amide bonds. The van der Waals surface area contributed by atoms with Crippen LogP contribution in [0.25, 0.3) is 6.08 Å². The van der Waals surface area contributed by atoms with Gasteiger partial charge in [-0.3, -0.25) is 0 Å². The van der Waals surface area contributed by atoms with Gasteiger partial charge in [0.05, 0.1) is 0 Å². The summed E-state index contributed by atoms with van der Waals surface area (Å²) in [5.74, 6) is 0.399. The maximum absolute atomic E-state index is 9.82. The van der Waals surface area contributed by atoms with Crippen LogP contribution in [-0.4, -0.2) is 11.4 Å². The first kappa shape index (κ1) is 16.7. The van der Waals surface area contributed by atoms with Crippen LogP contribution in [0, 0.1) is 27.7 Å². The number of aromatic hydroxyl groups is 1. The van der Waals surface area contributed by atoms with Gasteiger partial charge in [-0.25, -0.2) is 0 Å². The fourth-order valence-electron chi connectivity index (χ4n) is 2.90. The molecule has 0 saturated heterocycles. The molecule has 2 rings (SSSR count). The number of allylic oxidation sites excluding steroid dienone is 1. The number of hydrogen-bond acceptors (Lipinski definition) is 2. The van der Waals surface area contributed by atoms with Crippen molar-refractivity contribution in [2.45, 2.75) is 39.0 Å². The van der Waals surface area contributed by atoms with Gasteiger partial charge in [-0.2, -0.15) is 0 Å². The Labute approximate surface area is 138 Å². The predicted molar refractivity (Wildman–Crippen MR) is 98.0 cm³/mol. The lowest BCUT2D eigenvalue weighted by atomic mass is 10.0. The predicted octanol–water partition coefficient (Wildman–Crippen LogP) is 5.60. The Balaban J connectivity index is 2.16. The molecule has 2 aromatic rings. The van der Waals surface area contributed by atoms with Gasteiger partial charge in [0.2, 0.25) is 0 Å². The van der Waals surface area contributed by atoms with Crippen LogP contribution in [0.5, 0.6) is 5.75 Å². The van der Waals surface area contributed by atoms with Gasteiger partial charge < -0.3 is 5.11 Å². The van der Waals surface area contributed by atoms with Crippen LogP contribution in [0.2, 0.25) is 0 Å². The van der Waals surface area contributed by atoms with Gasteiger partial charge in [0.1, 0.15) is 5.75 Å². The molecule has 116 valence electrons. The zero-order valence-electron chi connectivity index (χ0n) is 14.0. The van der Waals surface area contributed by atoms with Crippen LogP contribution < -0.4 is 0 Å². The fraction of sp³-hybridized carbons (Fsp3) is 0.300. The monoisotopic (exact) mass is 312 g/mol. The molecule has 0 aromatic heterocycles. The van der Waals surface area contributed by atoms with Gasteiger partial charge in [-0.15, -0.1) is 11.8 Å². The van der Waals surface area contributed by atoms with Gasteiger partial charge >= 0.3 is 0 Å². The number of phenols is 1. The molecule has 22 heavy (non-hydrogen) atoms. The first-order chi connectivity index (χ1) is 10.4. The number of thioether (sulfide) groups is 1. The zero-order chi connectivity index (χ0) is 16.3. The van der Waals surface area contributed by atoms with E-state index in [0.29, 0.717) is 5.75 Å². The van der Waals surface area contributed by atoms with E-state index in [0.717, 1.165) is 23.1 Å². The molecule has 0 atom stereocenters. The van der Waals surface area contributed by atoms with Gasteiger partial charge in [0.25, 0.3) is 0 Å². The summed E-state index contributed by atoms with van der Waals surface area (Å²) in [4.78, 5) is 1.39. The van der Waals surface area contributed by atoms with E-state index < -0.39 is 0 Å². The van der Waals surface area contributed by atoms with E-state index in [-0.39, 0.29) is 0 Å². The second-order valence-corrected chi connectivity index (χ2v) is 6.69. The summed E-state index contributed by atoms with van der Waals surface area (Å²) in [7, 11) is 0. The van der Waals surface area contributed by atoms with E-state index in [4.69, 9.17) is 0 Å². The third-order valence-electron chi connectivity index (χ3n) is 3.90. The molecule has 0 fully saturated rings. The molecule has 1 nitrogen and oxygen atoms in total. The summed E-state index contributed by atoms with van der Waals surface area (Å²) in [5, 5.41) is 9.82. The van der Waals surface area contributed by atoms with E-state index in [1.165, 1.54) is 21.6 Å². The van der Waals surface area contributed by atoms with Crippen molar-refractivity contribution in [3.63, 3.8) is 0 Å². The Bertz CT molecular complexity index is 668. The summed E-state index contributed by atoms with van der Waals surface area (Å²) >= 11 is 1.81. The molecule has 2 heteroatoms. The van der Waals surface area contributed by atoms with E-state index in [1.807, 2.05) is 37.7 Å². The number of aryl methyl sites for hydroxylation is 4. The Hall–Kier alpha value is -1.67. The standard InChI is InChI=1S/C20H24OS/c1-13-9-17(10-14(2)19(13)21)7-6-8-18-11-15(3)20(22-5)16(4)12-18/h6-7,9-12,21H,8H2,1-5H3. The number of benzene rings is 2. The Kier molecular flexibility index (Phi) is 5.36. The molecule has 0 spiro atoms. The smallest absolute Gasteiger partial charge is 0.121 e. The van der Waals surface area contributed by atoms with Crippen molar-refractivity contribution in [3.05, 3.63) is 63.7 Å². The van der Waals surface area contributed by atoms with E-state index >= 15 is 0 Å². The lowest BCUT2D eigenvalue weighted by Crippen LogP contribution is -1.90. The van der Waals surface area contributed by atoms with E-state index in [2.05, 4.69) is 44.4 Å². The second-order valence-electron chi connectivity index (χ2n) is 5.87. The molecule has 0 heterocycles. The normalized spacial score (nSPS) is 11.3. The van der Waals surface area contributed by atoms with Crippen LogP contribution in [-0.2, 0) is 6.42 Å². The fourth-order valence-corrected chi connectivity index (χ4v) is 3.66. The molecule has 2 aromatic carbocycles. The summed E-state index contributed by atoms with van der Waals surface area (Å²) in [6, 6.07) is 8.59. The van der Waals surface area contributed by atoms with E-state index in [1.54, 1.807) is 0 Å². The highest BCUT2D eigenvalue weighted by atomic mass is 32.2. The van der Waals surface area contributed by atoms with Gasteiger partial charge in [-0.1, -0.05) is 24.3 Å². The highest BCUT2D eigenvalue weighted by Gasteiger charge is 2.04. The van der Waals surface area contributed by atoms with Crippen molar-refractivity contribution in [2.75, 3.05) is 6.26 Å². The summed E-state index contributed by atoms with van der Waals surface area (Å²) in [6.45, 7) is 8.23. The highest BCUT2D eigenvalue weighted by molar-refractivity contribution is 7.98. The molecule has 0 aliphatic heterocycles. The molecule has 0 saturated carbocycles. The molecule has 0 radical (unpaired) electrons. The largest absolute Gasteiger partial charge is 0.507 e. The first-order valence-electron chi connectivity index (χ1n) is 7.53. The summed E-state index contributed by atoms with van der Waals surface area (Å²) in [6.07, 6.45) is 7.38. The van der Waals surface area contributed by atoms with Crippen LogP contribution in [0.1, 0.15) is 33.4 Å². The molecule has 1 N–H and O–H groups in total. The lowest BCUT2D eigenvalue weighted by Gasteiger charge is -2.09. The molecule has 0 bridgehead atoms. The SMILES string of the molecule is CSc1c(C)cc(CC=Cc2cc(C)c(O)c(C)c2)cc1C. The van der Waals surface area contributed by atoms with Crippen LogP contribution in [0.15, 0.2) is 35.2 Å². The maximum atomic E-state index is 9.82. The highest BCUT2D eigenvalue weighted by Crippen LogP contribution is 2.26. The first-order valence-corrected chi connectivity index (χ1v) is 8.75. The van der Waals surface area contributed by atoms with Crippen LogP contribution in [0.3, 0.4) is 0 Å². The summed E-state index contributed by atoms with van der Waals surface area (Å²) < 4.78 is 0. The minimum Gasteiger partial charge on any atom is -0.507 e. The molecule has 0 aliphatic carbocycles. The average molecular weight is 312 g/mol. The number of rotatable bonds is 4. The Morgan fingerprint density at radius 2 is 1.45 bits per heavy atom. The van der Waals surface area contributed by atoms with Crippen LogP contribution in [0.4, 0.5) is 0 Å². The van der Waals surface area contributed by atoms with Gasteiger partial charge in [-0.05, 0) is 85.9 Å². The molecule has 0 unspecified atom stereocenters. The van der Waals surface area contributed by atoms with Gasteiger partial charge in [0, 0.05) is 4.90 Å². The molecular weight excluding hydrogens is 288 g/mol. The zero-order valence-corrected chi connectivity index (χ0v) is 14.8. The minimum absolute atomic E-state index is 0.399. The molecule has 0 aliphatic rings. The van der Waals surface area contributed by atoms with Crippen molar-refractivity contribution >= 4 is 17.8 Å². The molecular formula is C20H24OS. The number of phenolic OH excluding ortho intramolecular Hbond substituents is 1. The van der Waals surface area contributed by atoms with Gasteiger partial charge in [0.15, 0.2) is 0 Å². The van der Waals surface area contributed by atoms with Crippen molar-refractivity contribution in [2.24, 2.45) is 0 Å². The van der Waals surface area contributed by atoms with Crippen molar-refractivity contribution < 1.29 is 5.11 Å². The van der Waals surface area contributed by atoms with E-state index in [9.17, 15) is 5.11 Å². The average Bonchev–Trinajstić information content (AvgIpc) is 2.44. The lowest BCUT2D eigenvalue weighted by molar-refractivity contribution is 0.467. The minimum atomic E-state index is 0.399. The maximum Gasteiger partial charge on any atom is 0.121 e. The topological polar surface area (TPSA) is 20.2 Å². The van der Waals surface area contributed by atoms with Crippen LogP contribution >= 0.6 is 11.8 Å². The third-order valence-corrected chi connectivity index (χ3v) is 4.95. The Morgan fingerprint density at radius 1 is 0.909 bits per heavy atom. The number of hydrogen-bond donors (Lipinski definition) is 1. The Morgan fingerprint density at radius 3 is 1.95 bits per heavy atom. The van der Waals surface area contributed by atoms with Crippen molar-refractivity contribution in [3.8, 4) is 5.75 Å². The third kappa shape index (κ3) is 3.75. The summed E-state index contributed by atoms with van der Waals surface area (Å²) in [5.41, 5.74) is 7.05. The quantitative estimate of drug-likeness (QED) is 0.741.